The van der Waals surface area contributed by atoms with E-state index in [4.69, 9.17) is 0 Å². The predicted octanol–water partition coefficient (Wildman–Crippen LogP) is 3.52. The molecule has 0 aromatic heterocycles. The highest BCUT2D eigenvalue weighted by molar-refractivity contribution is 14.1. The summed E-state index contributed by atoms with van der Waals surface area (Å²) in [4.78, 5) is 24.4. The quantitative estimate of drug-likeness (QED) is 0.454. The van der Waals surface area contributed by atoms with Gasteiger partial charge in [0, 0.05) is 3.57 Å². The van der Waals surface area contributed by atoms with Crippen LogP contribution in [0.25, 0.3) is 0 Å². The van der Waals surface area contributed by atoms with E-state index in [1.54, 1.807) is 26.8 Å². The van der Waals surface area contributed by atoms with Crippen molar-refractivity contribution in [2.24, 2.45) is 0 Å². The van der Waals surface area contributed by atoms with E-state index in [1.165, 1.54) is 12.1 Å². The topological polar surface area (TPSA) is 81.3 Å². The van der Waals surface area contributed by atoms with E-state index in [2.05, 4.69) is 10.6 Å². The van der Waals surface area contributed by atoms with Crippen LogP contribution in [0.3, 0.4) is 0 Å². The zero-order chi connectivity index (χ0) is 23.1. The molecule has 0 radical (unpaired) electrons. The van der Waals surface area contributed by atoms with E-state index in [9.17, 15) is 27.9 Å². The number of anilines is 2. The number of quaternary nitrogens is 1. The van der Waals surface area contributed by atoms with E-state index in [0.29, 0.717) is 3.57 Å². The summed E-state index contributed by atoms with van der Waals surface area (Å²) in [5.41, 5.74) is -1.40. The van der Waals surface area contributed by atoms with Crippen LogP contribution in [-0.4, -0.2) is 41.2 Å². The largest absolute Gasteiger partial charge is 0.530 e. The minimum absolute atomic E-state index is 0.110. The maximum absolute atomic E-state index is 14.8. The van der Waals surface area contributed by atoms with Crippen molar-refractivity contribution in [2.45, 2.75) is 32.4 Å². The Bertz CT molecular complexity index is 1050. The minimum atomic E-state index is -1.45. The van der Waals surface area contributed by atoms with Crippen LogP contribution in [-0.2, 0) is 0 Å². The molecule has 0 spiro atoms. The molecule has 0 bridgehead atoms. The zero-order valence-corrected chi connectivity index (χ0v) is 19.2. The summed E-state index contributed by atoms with van der Waals surface area (Å²) in [5, 5.41) is 15.6. The average molecular weight is 547 g/mol. The van der Waals surface area contributed by atoms with Crippen molar-refractivity contribution in [3.8, 4) is 0 Å². The van der Waals surface area contributed by atoms with E-state index in [-0.39, 0.29) is 28.8 Å². The highest BCUT2D eigenvalue weighted by Gasteiger charge is 2.58. The van der Waals surface area contributed by atoms with Gasteiger partial charge in [-0.25, -0.2) is 22.4 Å². The van der Waals surface area contributed by atoms with Crippen LogP contribution in [0.4, 0.5) is 29.3 Å². The lowest BCUT2D eigenvalue weighted by molar-refractivity contribution is -0.934. The van der Waals surface area contributed by atoms with Crippen LogP contribution >= 0.6 is 22.6 Å². The van der Waals surface area contributed by atoms with Crippen molar-refractivity contribution < 1.29 is 32.3 Å². The predicted molar refractivity (Wildman–Crippen MR) is 115 cm³/mol. The van der Waals surface area contributed by atoms with Crippen molar-refractivity contribution in [1.29, 1.82) is 0 Å². The number of nitrogens with one attached hydrogen (secondary N) is 2. The van der Waals surface area contributed by atoms with Gasteiger partial charge in [-0.2, -0.15) is 0 Å². The molecular formula is C21H21F3IN3O3. The molecule has 1 fully saturated rings. The van der Waals surface area contributed by atoms with Crippen LogP contribution in [0.1, 0.15) is 31.1 Å². The van der Waals surface area contributed by atoms with E-state index in [1.807, 2.05) is 22.6 Å². The van der Waals surface area contributed by atoms with Crippen molar-refractivity contribution in [3.05, 3.63) is 56.9 Å². The van der Waals surface area contributed by atoms with Crippen molar-refractivity contribution in [3.63, 3.8) is 0 Å². The molecule has 1 aliphatic heterocycles. The van der Waals surface area contributed by atoms with Gasteiger partial charge in [-0.15, -0.1) is 0 Å². The number of hydrogen-bond donors (Lipinski definition) is 2. The maximum atomic E-state index is 14.8. The molecule has 0 atom stereocenters. The number of halogens is 4. The van der Waals surface area contributed by atoms with Gasteiger partial charge in [-0.05, 0) is 73.7 Å². The molecule has 2 aromatic carbocycles. The zero-order valence-electron chi connectivity index (χ0n) is 17.1. The Hall–Kier alpha value is -2.34. The fraction of sp³-hybridized carbons (Fsp3) is 0.333. The van der Waals surface area contributed by atoms with Gasteiger partial charge >= 0.3 is 5.91 Å². The van der Waals surface area contributed by atoms with Gasteiger partial charge < -0.3 is 20.5 Å². The number of carbonyl (C=O) groups is 2. The van der Waals surface area contributed by atoms with Gasteiger partial charge in [0.05, 0.1) is 16.9 Å². The Morgan fingerprint density at radius 1 is 1.10 bits per heavy atom. The number of likely N-dealkylation sites (tertiary alicyclic amines) is 1. The number of amides is 2. The molecule has 2 aromatic rings. The number of hydrogen-bond acceptors (Lipinski definition) is 4. The third-order valence-corrected chi connectivity index (χ3v) is 6.25. The number of rotatable bonds is 4. The SMILES string of the molecule is CC(C)(C)[N+]1(C(=O)c2ccc(F)c(F)c2Nc2ccc(I)cc2F)CC(NC(=O)[O-])C1. The van der Waals surface area contributed by atoms with Crippen molar-refractivity contribution in [1.82, 2.24) is 5.32 Å². The van der Waals surface area contributed by atoms with Gasteiger partial charge in [0.25, 0.3) is 0 Å². The molecule has 166 valence electrons. The average Bonchev–Trinajstić information content (AvgIpc) is 2.62. The fourth-order valence-electron chi connectivity index (χ4n) is 3.78. The van der Waals surface area contributed by atoms with Crippen LogP contribution in [0, 0.1) is 21.0 Å². The second-order valence-corrected chi connectivity index (χ2v) is 9.72. The number of benzene rings is 2. The van der Waals surface area contributed by atoms with Gasteiger partial charge in [-0.1, -0.05) is 0 Å². The molecule has 1 saturated heterocycles. The molecule has 3 rings (SSSR count). The first-order chi connectivity index (χ1) is 14.4. The second-order valence-electron chi connectivity index (χ2n) is 8.47. The van der Waals surface area contributed by atoms with E-state index >= 15 is 0 Å². The Morgan fingerprint density at radius 2 is 1.74 bits per heavy atom. The molecule has 0 unspecified atom stereocenters. The van der Waals surface area contributed by atoms with Crippen LogP contribution in [0.5, 0.6) is 0 Å². The molecule has 10 heteroatoms. The lowest BCUT2D eigenvalue weighted by Gasteiger charge is -2.55. The number of nitrogens with zero attached hydrogens (tertiary/aromatic N) is 1. The first-order valence-corrected chi connectivity index (χ1v) is 10.5. The summed E-state index contributed by atoms with van der Waals surface area (Å²) in [6, 6.07) is 5.65. The van der Waals surface area contributed by atoms with Gasteiger partial charge in [0.1, 0.15) is 36.6 Å². The molecule has 31 heavy (non-hydrogen) atoms. The van der Waals surface area contributed by atoms with Crippen LogP contribution < -0.4 is 15.7 Å². The third kappa shape index (κ3) is 4.36. The van der Waals surface area contributed by atoms with Gasteiger partial charge in [0.15, 0.2) is 11.6 Å². The molecule has 2 amide bonds. The maximum Gasteiger partial charge on any atom is 0.348 e. The minimum Gasteiger partial charge on any atom is -0.530 e. The molecule has 0 saturated carbocycles. The molecule has 0 aliphatic carbocycles. The molecule has 1 aliphatic rings. The lowest BCUT2D eigenvalue weighted by Crippen LogP contribution is -2.79. The number of carboxylic acid groups (broad SMARTS) is 1. The summed E-state index contributed by atoms with van der Waals surface area (Å²) in [5.74, 6) is -3.71. The smallest absolute Gasteiger partial charge is 0.348 e. The lowest BCUT2D eigenvalue weighted by atomic mass is 9.89. The summed E-state index contributed by atoms with van der Waals surface area (Å²) >= 11 is 1.91. The third-order valence-electron chi connectivity index (χ3n) is 5.57. The Balaban J connectivity index is 2.04. The summed E-state index contributed by atoms with van der Waals surface area (Å²) < 4.78 is 43.5. The van der Waals surface area contributed by atoms with Crippen molar-refractivity contribution >= 4 is 46.0 Å². The first kappa shape index (κ1) is 23.3. The summed E-state index contributed by atoms with van der Waals surface area (Å²) in [6.45, 7) is 5.63. The highest BCUT2D eigenvalue weighted by atomic mass is 127. The highest BCUT2D eigenvalue weighted by Crippen LogP contribution is 2.38. The van der Waals surface area contributed by atoms with Crippen molar-refractivity contribution in [2.75, 3.05) is 18.4 Å². The summed E-state index contributed by atoms with van der Waals surface area (Å²) in [6.07, 6.45) is -1.45. The normalized spacial score (nSPS) is 20.7. The second kappa shape index (κ2) is 8.30. The van der Waals surface area contributed by atoms with Gasteiger partial charge in [-0.3, -0.25) is 0 Å². The number of carbonyl (C=O) groups excluding carboxylic acids is 2. The monoisotopic (exact) mass is 547 g/mol. The van der Waals surface area contributed by atoms with Gasteiger partial charge in [0.2, 0.25) is 0 Å². The Morgan fingerprint density at radius 3 is 2.29 bits per heavy atom. The summed E-state index contributed by atoms with van der Waals surface area (Å²) in [7, 11) is 0. The van der Waals surface area contributed by atoms with E-state index in [0.717, 1.165) is 12.1 Å². The van der Waals surface area contributed by atoms with Crippen LogP contribution in [0.15, 0.2) is 30.3 Å². The first-order valence-electron chi connectivity index (χ1n) is 9.45. The standard InChI is InChI=1S/C21H21F3IN3O3/c1-21(2,3)28(9-12(10-28)26-20(30)31)19(29)13-5-6-14(22)17(24)18(13)27-16-7-4-11(25)8-15(16)23/h4-8,12,26H,9-10H2,1-3H3,(H-,27,29,30,31). The molecule has 6 nitrogen and oxygen atoms in total. The van der Waals surface area contributed by atoms with Crippen LogP contribution in [0.2, 0.25) is 0 Å². The molecular weight excluding hydrogens is 526 g/mol. The Labute approximate surface area is 191 Å². The fourth-order valence-corrected chi connectivity index (χ4v) is 4.24. The van der Waals surface area contributed by atoms with E-state index < -0.39 is 46.7 Å². The Kier molecular flexibility index (Phi) is 6.25. The molecule has 1 heterocycles. The molecule has 2 N–H and O–H groups in total.